The number of rotatable bonds is 4. The molecule has 1 atom stereocenters. The number of para-hydroxylation sites is 1. The Bertz CT molecular complexity index is 467. The molecule has 0 aliphatic heterocycles. The molecule has 0 amide bonds. The Morgan fingerprint density at radius 2 is 1.94 bits per heavy atom. The first-order chi connectivity index (χ1) is 7.81. The Balaban J connectivity index is 2.25. The van der Waals surface area contributed by atoms with Crippen LogP contribution < -0.4 is 11.5 Å². The quantitative estimate of drug-likeness (QED) is 0.819. The highest BCUT2D eigenvalue weighted by molar-refractivity contribution is 5.78. The first-order valence-corrected chi connectivity index (χ1v) is 5.62. The van der Waals surface area contributed by atoms with Crippen LogP contribution in [0.4, 0.5) is 0 Å². The SMILES string of the molecule is NCCC[C@H](N)c1ccc2ccccc2n1. The zero-order valence-electron chi connectivity index (χ0n) is 9.26. The van der Waals surface area contributed by atoms with Crippen LogP contribution in [0, 0.1) is 0 Å². The van der Waals surface area contributed by atoms with Crippen molar-refractivity contribution >= 4 is 10.9 Å². The van der Waals surface area contributed by atoms with Crippen molar-refractivity contribution in [3.8, 4) is 0 Å². The van der Waals surface area contributed by atoms with Crippen molar-refractivity contribution in [1.82, 2.24) is 4.98 Å². The van der Waals surface area contributed by atoms with Crippen LogP contribution in [0.5, 0.6) is 0 Å². The van der Waals surface area contributed by atoms with Crippen LogP contribution >= 0.6 is 0 Å². The molecule has 0 radical (unpaired) electrons. The fourth-order valence-electron chi connectivity index (χ4n) is 1.77. The van der Waals surface area contributed by atoms with Gasteiger partial charge < -0.3 is 11.5 Å². The predicted molar refractivity (Wildman–Crippen MR) is 67.0 cm³/mol. The van der Waals surface area contributed by atoms with E-state index in [-0.39, 0.29) is 6.04 Å². The lowest BCUT2D eigenvalue weighted by Crippen LogP contribution is -2.13. The van der Waals surface area contributed by atoms with Gasteiger partial charge in [0.15, 0.2) is 0 Å². The van der Waals surface area contributed by atoms with Crippen molar-refractivity contribution in [3.63, 3.8) is 0 Å². The van der Waals surface area contributed by atoms with Crippen molar-refractivity contribution in [2.45, 2.75) is 18.9 Å². The average Bonchev–Trinajstić information content (AvgIpc) is 2.35. The summed E-state index contributed by atoms with van der Waals surface area (Å²) >= 11 is 0. The van der Waals surface area contributed by atoms with Gasteiger partial charge in [-0.05, 0) is 31.5 Å². The molecule has 0 spiro atoms. The van der Waals surface area contributed by atoms with Gasteiger partial charge in [-0.15, -0.1) is 0 Å². The molecular weight excluding hydrogens is 198 g/mol. The molecule has 2 rings (SSSR count). The van der Waals surface area contributed by atoms with Crippen molar-refractivity contribution in [2.75, 3.05) is 6.54 Å². The highest BCUT2D eigenvalue weighted by atomic mass is 14.8. The summed E-state index contributed by atoms with van der Waals surface area (Å²) < 4.78 is 0. The second-order valence-corrected chi connectivity index (χ2v) is 3.97. The molecule has 0 aliphatic carbocycles. The molecule has 0 bridgehead atoms. The van der Waals surface area contributed by atoms with Gasteiger partial charge in [-0.3, -0.25) is 4.98 Å². The van der Waals surface area contributed by atoms with Gasteiger partial charge in [0.05, 0.1) is 11.2 Å². The first kappa shape index (κ1) is 11.0. The van der Waals surface area contributed by atoms with E-state index >= 15 is 0 Å². The topological polar surface area (TPSA) is 64.9 Å². The maximum atomic E-state index is 6.05. The fraction of sp³-hybridized carbons (Fsp3) is 0.308. The zero-order chi connectivity index (χ0) is 11.4. The van der Waals surface area contributed by atoms with Crippen molar-refractivity contribution in [2.24, 2.45) is 11.5 Å². The van der Waals surface area contributed by atoms with E-state index in [4.69, 9.17) is 11.5 Å². The van der Waals surface area contributed by atoms with E-state index in [0.717, 1.165) is 29.4 Å². The van der Waals surface area contributed by atoms with Gasteiger partial charge in [-0.25, -0.2) is 0 Å². The summed E-state index contributed by atoms with van der Waals surface area (Å²) in [6, 6.07) is 12.1. The largest absolute Gasteiger partial charge is 0.330 e. The standard InChI is InChI=1S/C13H17N3/c14-9-3-5-11(15)13-8-7-10-4-1-2-6-12(10)16-13/h1-2,4,6-8,11H,3,5,9,14-15H2/t11-/m0/s1. The first-order valence-electron chi connectivity index (χ1n) is 5.62. The van der Waals surface area contributed by atoms with Gasteiger partial charge in [0.2, 0.25) is 0 Å². The molecular formula is C13H17N3. The third kappa shape index (κ3) is 2.38. The van der Waals surface area contributed by atoms with E-state index in [9.17, 15) is 0 Å². The van der Waals surface area contributed by atoms with Crippen LogP contribution in [0.2, 0.25) is 0 Å². The average molecular weight is 215 g/mol. The van der Waals surface area contributed by atoms with Crippen LogP contribution in [0.15, 0.2) is 36.4 Å². The zero-order valence-corrected chi connectivity index (χ0v) is 9.26. The fourth-order valence-corrected chi connectivity index (χ4v) is 1.77. The van der Waals surface area contributed by atoms with Gasteiger partial charge in [-0.2, -0.15) is 0 Å². The molecule has 0 aliphatic rings. The van der Waals surface area contributed by atoms with Crippen LogP contribution in [0.1, 0.15) is 24.6 Å². The molecule has 0 saturated heterocycles. The number of fused-ring (bicyclic) bond motifs is 1. The van der Waals surface area contributed by atoms with Crippen LogP contribution in [-0.2, 0) is 0 Å². The van der Waals surface area contributed by atoms with Crippen molar-refractivity contribution in [3.05, 3.63) is 42.1 Å². The minimum Gasteiger partial charge on any atom is -0.330 e. The predicted octanol–water partition coefficient (Wildman–Crippen LogP) is 1.97. The molecule has 3 nitrogen and oxygen atoms in total. The summed E-state index contributed by atoms with van der Waals surface area (Å²) in [4.78, 5) is 4.56. The Morgan fingerprint density at radius 3 is 2.75 bits per heavy atom. The van der Waals surface area contributed by atoms with E-state index in [2.05, 4.69) is 17.1 Å². The molecule has 1 heterocycles. The maximum Gasteiger partial charge on any atom is 0.0706 e. The summed E-state index contributed by atoms with van der Waals surface area (Å²) in [7, 11) is 0. The summed E-state index contributed by atoms with van der Waals surface area (Å²) in [5.41, 5.74) is 13.5. The lowest BCUT2D eigenvalue weighted by atomic mass is 10.1. The number of hydrogen-bond acceptors (Lipinski definition) is 3. The normalized spacial score (nSPS) is 12.9. The molecule has 84 valence electrons. The molecule has 2 aromatic rings. The second kappa shape index (κ2) is 5.05. The van der Waals surface area contributed by atoms with Crippen molar-refractivity contribution < 1.29 is 0 Å². The van der Waals surface area contributed by atoms with E-state index in [1.165, 1.54) is 0 Å². The number of hydrogen-bond donors (Lipinski definition) is 2. The van der Waals surface area contributed by atoms with Gasteiger partial charge in [0.25, 0.3) is 0 Å². The number of aromatic nitrogens is 1. The lowest BCUT2D eigenvalue weighted by Gasteiger charge is -2.10. The molecule has 0 saturated carbocycles. The third-order valence-corrected chi connectivity index (χ3v) is 2.72. The van der Waals surface area contributed by atoms with Crippen LogP contribution in [-0.4, -0.2) is 11.5 Å². The number of nitrogens with zero attached hydrogens (tertiary/aromatic N) is 1. The Morgan fingerprint density at radius 1 is 1.12 bits per heavy atom. The van der Waals surface area contributed by atoms with Crippen molar-refractivity contribution in [1.29, 1.82) is 0 Å². The maximum absolute atomic E-state index is 6.05. The summed E-state index contributed by atoms with van der Waals surface area (Å²) in [5, 5.41) is 1.15. The van der Waals surface area contributed by atoms with Gasteiger partial charge in [0, 0.05) is 11.4 Å². The van der Waals surface area contributed by atoms with E-state index in [1.807, 2.05) is 24.3 Å². The van der Waals surface area contributed by atoms with Crippen LogP contribution in [0.3, 0.4) is 0 Å². The van der Waals surface area contributed by atoms with Gasteiger partial charge >= 0.3 is 0 Å². The number of nitrogens with two attached hydrogens (primary N) is 2. The van der Waals surface area contributed by atoms with Gasteiger partial charge in [0.1, 0.15) is 0 Å². The van der Waals surface area contributed by atoms with Gasteiger partial charge in [-0.1, -0.05) is 24.3 Å². The van der Waals surface area contributed by atoms with E-state index < -0.39 is 0 Å². The molecule has 1 aromatic heterocycles. The minimum absolute atomic E-state index is 0.00634. The molecule has 0 unspecified atom stereocenters. The van der Waals surface area contributed by atoms with Crippen LogP contribution in [0.25, 0.3) is 10.9 Å². The Labute approximate surface area is 95.5 Å². The smallest absolute Gasteiger partial charge is 0.0706 e. The molecule has 1 aromatic carbocycles. The van der Waals surface area contributed by atoms with E-state index in [1.54, 1.807) is 0 Å². The summed E-state index contributed by atoms with van der Waals surface area (Å²) in [5.74, 6) is 0. The second-order valence-electron chi connectivity index (χ2n) is 3.97. The summed E-state index contributed by atoms with van der Waals surface area (Å²) in [6.07, 6.45) is 1.83. The Hall–Kier alpha value is -1.45. The minimum atomic E-state index is -0.00634. The summed E-state index contributed by atoms with van der Waals surface area (Å²) in [6.45, 7) is 0.682. The number of benzene rings is 1. The molecule has 0 fully saturated rings. The molecule has 3 heteroatoms. The third-order valence-electron chi connectivity index (χ3n) is 2.72. The lowest BCUT2D eigenvalue weighted by molar-refractivity contribution is 0.605. The highest BCUT2D eigenvalue weighted by Gasteiger charge is 2.07. The number of pyridine rings is 1. The highest BCUT2D eigenvalue weighted by Crippen LogP contribution is 2.17. The van der Waals surface area contributed by atoms with E-state index in [0.29, 0.717) is 6.54 Å². The monoisotopic (exact) mass is 215 g/mol. The Kier molecular flexibility index (Phi) is 3.49. The molecule has 16 heavy (non-hydrogen) atoms. The molecule has 4 N–H and O–H groups in total.